The molecule has 2 unspecified atom stereocenters. The standard InChI is InChI=1S/C13H20O5/c1-2-7-17-8-9-18-13(16)11-6-4-3-5-10(11)12(14)15/h2,10-11H,1,3-9H2,(H,14,15). The first kappa shape index (κ1) is 14.7. The Balaban J connectivity index is 2.34. The zero-order valence-corrected chi connectivity index (χ0v) is 10.5. The van der Waals surface area contributed by atoms with Crippen LogP contribution in [0.3, 0.4) is 0 Å². The summed E-state index contributed by atoms with van der Waals surface area (Å²) >= 11 is 0. The molecule has 0 radical (unpaired) electrons. The summed E-state index contributed by atoms with van der Waals surface area (Å²) in [4.78, 5) is 22.8. The molecule has 0 bridgehead atoms. The highest BCUT2D eigenvalue weighted by Gasteiger charge is 2.36. The van der Waals surface area contributed by atoms with Crippen LogP contribution in [0.1, 0.15) is 25.7 Å². The number of carboxylic acids is 1. The molecule has 0 heterocycles. The zero-order chi connectivity index (χ0) is 13.4. The summed E-state index contributed by atoms with van der Waals surface area (Å²) in [5.41, 5.74) is 0. The molecule has 18 heavy (non-hydrogen) atoms. The van der Waals surface area contributed by atoms with E-state index in [-0.39, 0.29) is 6.61 Å². The smallest absolute Gasteiger partial charge is 0.309 e. The molecule has 1 saturated carbocycles. The van der Waals surface area contributed by atoms with E-state index in [9.17, 15) is 9.59 Å². The van der Waals surface area contributed by atoms with Crippen molar-refractivity contribution >= 4 is 11.9 Å². The Morgan fingerprint density at radius 2 is 1.89 bits per heavy atom. The largest absolute Gasteiger partial charge is 0.481 e. The molecular weight excluding hydrogens is 236 g/mol. The quantitative estimate of drug-likeness (QED) is 0.426. The number of esters is 1. The van der Waals surface area contributed by atoms with Crippen molar-refractivity contribution < 1.29 is 24.2 Å². The van der Waals surface area contributed by atoms with Crippen LogP contribution in [0.4, 0.5) is 0 Å². The van der Waals surface area contributed by atoms with Gasteiger partial charge in [0.05, 0.1) is 25.0 Å². The van der Waals surface area contributed by atoms with E-state index in [1.165, 1.54) is 0 Å². The molecule has 0 aromatic heterocycles. The third-order valence-electron chi connectivity index (χ3n) is 3.09. The molecule has 0 amide bonds. The average Bonchev–Trinajstić information content (AvgIpc) is 2.38. The number of rotatable bonds is 7. The molecule has 1 N–H and O–H groups in total. The Morgan fingerprint density at radius 3 is 2.50 bits per heavy atom. The fourth-order valence-corrected chi connectivity index (χ4v) is 2.18. The molecule has 0 spiro atoms. The van der Waals surface area contributed by atoms with Gasteiger partial charge in [-0.25, -0.2) is 0 Å². The second-order valence-electron chi connectivity index (χ2n) is 4.37. The molecule has 0 aliphatic heterocycles. The number of carboxylic acid groups (broad SMARTS) is 1. The maximum absolute atomic E-state index is 11.8. The summed E-state index contributed by atoms with van der Waals surface area (Å²) in [6.45, 7) is 4.38. The van der Waals surface area contributed by atoms with Crippen LogP contribution in [0.15, 0.2) is 12.7 Å². The lowest BCUT2D eigenvalue weighted by Crippen LogP contribution is -2.34. The van der Waals surface area contributed by atoms with E-state index in [1.807, 2.05) is 0 Å². The summed E-state index contributed by atoms with van der Waals surface area (Å²) in [7, 11) is 0. The van der Waals surface area contributed by atoms with Crippen LogP contribution >= 0.6 is 0 Å². The van der Waals surface area contributed by atoms with Gasteiger partial charge in [-0.1, -0.05) is 18.9 Å². The van der Waals surface area contributed by atoms with Crippen LogP contribution in [-0.2, 0) is 19.1 Å². The molecule has 5 nitrogen and oxygen atoms in total. The molecule has 2 atom stereocenters. The molecule has 1 aliphatic rings. The van der Waals surface area contributed by atoms with Crippen molar-refractivity contribution in [1.29, 1.82) is 0 Å². The van der Waals surface area contributed by atoms with Crippen LogP contribution < -0.4 is 0 Å². The molecule has 102 valence electrons. The van der Waals surface area contributed by atoms with Crippen LogP contribution in [0, 0.1) is 11.8 Å². The van der Waals surface area contributed by atoms with Gasteiger partial charge in [0.1, 0.15) is 6.61 Å². The van der Waals surface area contributed by atoms with Gasteiger partial charge < -0.3 is 14.6 Å². The number of hydrogen-bond acceptors (Lipinski definition) is 4. The van der Waals surface area contributed by atoms with Crippen LogP contribution in [0.5, 0.6) is 0 Å². The first-order chi connectivity index (χ1) is 8.66. The van der Waals surface area contributed by atoms with Gasteiger partial charge in [-0.3, -0.25) is 9.59 Å². The van der Waals surface area contributed by atoms with E-state index in [0.29, 0.717) is 26.1 Å². The van der Waals surface area contributed by atoms with Crippen molar-refractivity contribution in [2.24, 2.45) is 11.8 Å². The Kier molecular flexibility index (Phi) is 6.43. The van der Waals surface area contributed by atoms with E-state index in [4.69, 9.17) is 14.6 Å². The van der Waals surface area contributed by atoms with Gasteiger partial charge in [0.15, 0.2) is 0 Å². The van der Waals surface area contributed by atoms with E-state index >= 15 is 0 Å². The second-order valence-corrected chi connectivity index (χ2v) is 4.37. The lowest BCUT2D eigenvalue weighted by atomic mass is 9.79. The fourth-order valence-electron chi connectivity index (χ4n) is 2.18. The highest BCUT2D eigenvalue weighted by molar-refractivity contribution is 5.81. The predicted molar refractivity (Wildman–Crippen MR) is 65.1 cm³/mol. The third kappa shape index (κ3) is 4.49. The van der Waals surface area contributed by atoms with Crippen molar-refractivity contribution in [3.63, 3.8) is 0 Å². The van der Waals surface area contributed by atoms with Gasteiger partial charge in [-0.15, -0.1) is 6.58 Å². The Labute approximate surface area is 107 Å². The number of carbonyl (C=O) groups excluding carboxylic acids is 1. The number of ether oxygens (including phenoxy) is 2. The highest BCUT2D eigenvalue weighted by Crippen LogP contribution is 2.31. The molecular formula is C13H20O5. The van der Waals surface area contributed by atoms with E-state index in [2.05, 4.69) is 6.58 Å². The van der Waals surface area contributed by atoms with Crippen molar-refractivity contribution in [1.82, 2.24) is 0 Å². The predicted octanol–water partition coefficient (Wildman–Crippen LogP) is 1.62. The van der Waals surface area contributed by atoms with Crippen LogP contribution in [-0.4, -0.2) is 36.9 Å². The normalized spacial score (nSPS) is 23.3. The average molecular weight is 256 g/mol. The summed E-state index contributed by atoms with van der Waals surface area (Å²) < 4.78 is 10.1. The van der Waals surface area contributed by atoms with E-state index < -0.39 is 23.8 Å². The maximum Gasteiger partial charge on any atom is 0.309 e. The molecule has 5 heteroatoms. The Hall–Kier alpha value is -1.36. The van der Waals surface area contributed by atoms with Crippen LogP contribution in [0.25, 0.3) is 0 Å². The van der Waals surface area contributed by atoms with Gasteiger partial charge >= 0.3 is 11.9 Å². The van der Waals surface area contributed by atoms with Crippen molar-refractivity contribution in [3.05, 3.63) is 12.7 Å². The van der Waals surface area contributed by atoms with Crippen molar-refractivity contribution in [3.8, 4) is 0 Å². The summed E-state index contributed by atoms with van der Waals surface area (Å²) in [5, 5.41) is 9.06. The first-order valence-electron chi connectivity index (χ1n) is 6.25. The molecule has 1 fully saturated rings. The van der Waals surface area contributed by atoms with Crippen molar-refractivity contribution in [2.45, 2.75) is 25.7 Å². The number of carbonyl (C=O) groups is 2. The van der Waals surface area contributed by atoms with Gasteiger partial charge in [0.2, 0.25) is 0 Å². The summed E-state index contributed by atoms with van der Waals surface area (Å²) in [5.74, 6) is -2.42. The Bertz CT molecular complexity index is 300. The van der Waals surface area contributed by atoms with Crippen LogP contribution in [0.2, 0.25) is 0 Å². The third-order valence-corrected chi connectivity index (χ3v) is 3.09. The maximum atomic E-state index is 11.8. The van der Waals surface area contributed by atoms with Gasteiger partial charge in [0.25, 0.3) is 0 Å². The SMILES string of the molecule is C=CCOCCOC(=O)C1CCCCC1C(=O)O. The lowest BCUT2D eigenvalue weighted by molar-refractivity contribution is -0.160. The minimum absolute atomic E-state index is 0.162. The zero-order valence-electron chi connectivity index (χ0n) is 10.5. The molecule has 1 aliphatic carbocycles. The monoisotopic (exact) mass is 256 g/mol. The van der Waals surface area contributed by atoms with Crippen molar-refractivity contribution in [2.75, 3.05) is 19.8 Å². The molecule has 0 aromatic rings. The molecule has 1 rings (SSSR count). The van der Waals surface area contributed by atoms with Gasteiger partial charge in [-0.2, -0.15) is 0 Å². The van der Waals surface area contributed by atoms with Gasteiger partial charge in [-0.05, 0) is 12.8 Å². The fraction of sp³-hybridized carbons (Fsp3) is 0.692. The van der Waals surface area contributed by atoms with E-state index in [0.717, 1.165) is 12.8 Å². The molecule has 0 aromatic carbocycles. The second kappa shape index (κ2) is 7.87. The number of aliphatic carboxylic acids is 1. The highest BCUT2D eigenvalue weighted by atomic mass is 16.6. The number of hydrogen-bond donors (Lipinski definition) is 1. The minimum atomic E-state index is -0.903. The first-order valence-corrected chi connectivity index (χ1v) is 6.25. The Morgan fingerprint density at radius 1 is 1.22 bits per heavy atom. The summed E-state index contributed by atoms with van der Waals surface area (Å²) in [6, 6.07) is 0. The molecule has 0 saturated heterocycles. The summed E-state index contributed by atoms with van der Waals surface area (Å²) in [6.07, 6.45) is 4.52. The topological polar surface area (TPSA) is 72.8 Å². The lowest BCUT2D eigenvalue weighted by Gasteiger charge is -2.26. The van der Waals surface area contributed by atoms with Gasteiger partial charge in [0, 0.05) is 0 Å². The van der Waals surface area contributed by atoms with E-state index in [1.54, 1.807) is 6.08 Å². The minimum Gasteiger partial charge on any atom is -0.481 e.